The average Bonchev–Trinajstić information content (AvgIpc) is 2.50. The van der Waals surface area contributed by atoms with Crippen LogP contribution in [0.25, 0.3) is 0 Å². The number of carbonyl (C=O) groups is 3. The van der Waals surface area contributed by atoms with Crippen LogP contribution in [0.4, 0.5) is 0 Å². The molecule has 3 unspecified atom stereocenters. The smallest absolute Gasteiger partial charge is 0.310 e. The highest BCUT2D eigenvalue weighted by atomic mass is 16.4. The molecule has 0 heterocycles. The number of amides is 1. The van der Waals surface area contributed by atoms with Gasteiger partial charge in [-0.15, -0.1) is 0 Å². The van der Waals surface area contributed by atoms with Crippen molar-refractivity contribution < 1.29 is 24.6 Å². The number of hydrogen-bond donors (Lipinski definition) is 3. The summed E-state index contributed by atoms with van der Waals surface area (Å²) in [7, 11) is 0. The predicted molar refractivity (Wildman–Crippen MR) is 87.8 cm³/mol. The van der Waals surface area contributed by atoms with Gasteiger partial charge in [-0.05, 0) is 38.3 Å². The fraction of sp³-hybridized carbons (Fsp3) is 0.588. The standard InChI is InChI=1S/C17H27NO5/c1-6-7-10(2)15(20)13(5)16(21)18-9-14(19)11(3)8-12(4)17(22)23/h7-8,12-13,15,20H,6,9H2,1-5H3,(H,18,21)(H,22,23). The Morgan fingerprint density at radius 2 is 1.74 bits per heavy atom. The van der Waals surface area contributed by atoms with E-state index in [1.807, 2.05) is 13.0 Å². The molecule has 1 amide bonds. The van der Waals surface area contributed by atoms with Crippen molar-refractivity contribution in [2.24, 2.45) is 11.8 Å². The minimum atomic E-state index is -1.02. The first-order valence-corrected chi connectivity index (χ1v) is 7.68. The Labute approximate surface area is 137 Å². The lowest BCUT2D eigenvalue weighted by Gasteiger charge is -2.19. The normalized spacial score (nSPS) is 16.4. The number of nitrogens with one attached hydrogen (secondary N) is 1. The molecule has 23 heavy (non-hydrogen) atoms. The highest BCUT2D eigenvalue weighted by Gasteiger charge is 2.23. The lowest BCUT2D eigenvalue weighted by molar-refractivity contribution is -0.139. The van der Waals surface area contributed by atoms with Crippen LogP contribution in [0.15, 0.2) is 23.3 Å². The van der Waals surface area contributed by atoms with Crippen LogP contribution in [0.3, 0.4) is 0 Å². The molecular formula is C17H27NO5. The van der Waals surface area contributed by atoms with Crippen molar-refractivity contribution >= 4 is 17.7 Å². The summed E-state index contributed by atoms with van der Waals surface area (Å²) in [5.74, 6) is -3.23. The molecule has 3 N–H and O–H groups in total. The second kappa shape index (κ2) is 9.94. The Morgan fingerprint density at radius 3 is 2.22 bits per heavy atom. The number of hydrogen-bond acceptors (Lipinski definition) is 4. The van der Waals surface area contributed by atoms with E-state index in [4.69, 9.17) is 5.11 Å². The maximum Gasteiger partial charge on any atom is 0.310 e. The van der Waals surface area contributed by atoms with E-state index in [1.54, 1.807) is 13.8 Å². The summed E-state index contributed by atoms with van der Waals surface area (Å²) in [6, 6.07) is 0. The van der Waals surface area contributed by atoms with Crippen molar-refractivity contribution in [3.8, 4) is 0 Å². The van der Waals surface area contributed by atoms with Gasteiger partial charge in [-0.3, -0.25) is 14.4 Å². The summed E-state index contributed by atoms with van der Waals surface area (Å²) in [6.45, 7) is 8.04. The van der Waals surface area contributed by atoms with Crippen molar-refractivity contribution in [3.05, 3.63) is 23.3 Å². The monoisotopic (exact) mass is 325 g/mol. The largest absolute Gasteiger partial charge is 0.481 e. The van der Waals surface area contributed by atoms with Crippen LogP contribution in [-0.4, -0.2) is 40.5 Å². The van der Waals surface area contributed by atoms with Gasteiger partial charge in [-0.25, -0.2) is 0 Å². The highest BCUT2D eigenvalue weighted by molar-refractivity contribution is 5.98. The van der Waals surface area contributed by atoms with Crippen LogP contribution < -0.4 is 5.32 Å². The van der Waals surface area contributed by atoms with Crippen LogP contribution >= 0.6 is 0 Å². The Morgan fingerprint density at radius 1 is 1.17 bits per heavy atom. The third-order valence-electron chi connectivity index (χ3n) is 3.63. The molecular weight excluding hydrogens is 298 g/mol. The fourth-order valence-corrected chi connectivity index (χ4v) is 1.99. The summed E-state index contributed by atoms with van der Waals surface area (Å²) >= 11 is 0. The number of carboxylic acids is 1. The van der Waals surface area contributed by atoms with Crippen LogP contribution in [-0.2, 0) is 14.4 Å². The summed E-state index contributed by atoms with van der Waals surface area (Å²) in [6.07, 6.45) is 3.07. The molecule has 0 aliphatic rings. The van der Waals surface area contributed by atoms with Crippen LogP contribution in [0.1, 0.15) is 41.0 Å². The highest BCUT2D eigenvalue weighted by Crippen LogP contribution is 2.13. The minimum absolute atomic E-state index is 0.221. The number of carbonyl (C=O) groups excluding carboxylic acids is 2. The minimum Gasteiger partial charge on any atom is -0.481 e. The first kappa shape index (κ1) is 21.0. The summed E-state index contributed by atoms with van der Waals surface area (Å²) < 4.78 is 0. The molecule has 0 aromatic carbocycles. The van der Waals surface area contributed by atoms with Gasteiger partial charge >= 0.3 is 5.97 Å². The van der Waals surface area contributed by atoms with Gasteiger partial charge in [-0.1, -0.05) is 26.0 Å². The van der Waals surface area contributed by atoms with Gasteiger partial charge in [0.15, 0.2) is 5.78 Å². The molecule has 3 atom stereocenters. The maximum atomic E-state index is 12.0. The molecule has 0 aliphatic carbocycles. The van der Waals surface area contributed by atoms with E-state index in [0.717, 1.165) is 6.42 Å². The number of aliphatic carboxylic acids is 1. The Bertz CT molecular complexity index is 507. The van der Waals surface area contributed by atoms with Crippen molar-refractivity contribution in [1.29, 1.82) is 0 Å². The molecule has 0 saturated heterocycles. The quantitative estimate of drug-likeness (QED) is 0.442. The molecule has 0 bridgehead atoms. The molecule has 0 rings (SSSR count). The maximum absolute atomic E-state index is 12.0. The average molecular weight is 325 g/mol. The van der Waals surface area contributed by atoms with Gasteiger partial charge in [0.05, 0.1) is 24.5 Å². The number of rotatable bonds is 9. The Balaban J connectivity index is 4.62. The van der Waals surface area contributed by atoms with E-state index in [2.05, 4.69) is 5.32 Å². The van der Waals surface area contributed by atoms with Gasteiger partial charge in [-0.2, -0.15) is 0 Å². The molecule has 0 saturated carbocycles. The predicted octanol–water partition coefficient (Wildman–Crippen LogP) is 1.69. The first-order chi connectivity index (χ1) is 10.6. The van der Waals surface area contributed by atoms with Gasteiger partial charge in [0.1, 0.15) is 0 Å². The molecule has 6 heteroatoms. The summed E-state index contributed by atoms with van der Waals surface area (Å²) in [4.78, 5) is 34.6. The summed E-state index contributed by atoms with van der Waals surface area (Å²) in [5.41, 5.74) is 1.00. The second-order valence-electron chi connectivity index (χ2n) is 5.71. The van der Waals surface area contributed by atoms with Crippen LogP contribution in [0.5, 0.6) is 0 Å². The van der Waals surface area contributed by atoms with Gasteiger partial charge in [0, 0.05) is 0 Å². The Hall–Kier alpha value is -1.95. The number of aliphatic hydroxyl groups excluding tert-OH is 1. The van der Waals surface area contributed by atoms with Gasteiger partial charge in [0.2, 0.25) is 5.91 Å². The topological polar surface area (TPSA) is 104 Å². The lowest BCUT2D eigenvalue weighted by atomic mass is 9.96. The molecule has 0 aromatic heterocycles. The molecule has 0 aromatic rings. The number of aliphatic hydroxyl groups is 1. The zero-order valence-corrected chi connectivity index (χ0v) is 14.4. The number of carboxylic acid groups (broad SMARTS) is 1. The molecule has 0 spiro atoms. The molecule has 0 fully saturated rings. The van der Waals surface area contributed by atoms with Crippen molar-refractivity contribution in [2.45, 2.75) is 47.1 Å². The van der Waals surface area contributed by atoms with Crippen molar-refractivity contribution in [2.75, 3.05) is 6.54 Å². The second-order valence-corrected chi connectivity index (χ2v) is 5.71. The van der Waals surface area contributed by atoms with Gasteiger partial charge < -0.3 is 15.5 Å². The van der Waals surface area contributed by atoms with Gasteiger partial charge in [0.25, 0.3) is 0 Å². The van der Waals surface area contributed by atoms with Crippen LogP contribution in [0, 0.1) is 11.8 Å². The van der Waals surface area contributed by atoms with E-state index >= 15 is 0 Å². The fourth-order valence-electron chi connectivity index (χ4n) is 1.99. The molecule has 6 nitrogen and oxygen atoms in total. The number of Topliss-reactive ketones (excluding diaryl/α,β-unsaturated/α-hetero) is 1. The first-order valence-electron chi connectivity index (χ1n) is 7.68. The van der Waals surface area contributed by atoms with E-state index in [0.29, 0.717) is 5.57 Å². The molecule has 130 valence electrons. The third-order valence-corrected chi connectivity index (χ3v) is 3.63. The zero-order valence-electron chi connectivity index (χ0n) is 14.4. The third kappa shape index (κ3) is 7.23. The molecule has 0 radical (unpaired) electrons. The number of ketones is 1. The van der Waals surface area contributed by atoms with E-state index < -0.39 is 29.8 Å². The van der Waals surface area contributed by atoms with Crippen molar-refractivity contribution in [3.63, 3.8) is 0 Å². The number of allylic oxidation sites excluding steroid dienone is 1. The lowest BCUT2D eigenvalue weighted by Crippen LogP contribution is -2.39. The SMILES string of the molecule is CCC=C(C)C(O)C(C)C(=O)NCC(=O)C(C)=CC(C)C(=O)O. The zero-order chi connectivity index (χ0) is 18.2. The van der Waals surface area contributed by atoms with Crippen LogP contribution in [0.2, 0.25) is 0 Å². The molecule has 0 aliphatic heterocycles. The Kier molecular flexibility index (Phi) is 9.10. The van der Waals surface area contributed by atoms with E-state index in [1.165, 1.54) is 19.9 Å². The summed E-state index contributed by atoms with van der Waals surface area (Å²) in [5, 5.41) is 21.3. The van der Waals surface area contributed by atoms with E-state index in [-0.39, 0.29) is 17.9 Å². The van der Waals surface area contributed by atoms with E-state index in [9.17, 15) is 19.5 Å². The van der Waals surface area contributed by atoms with Crippen molar-refractivity contribution in [1.82, 2.24) is 5.32 Å².